The molecule has 0 aliphatic carbocycles. The van der Waals surface area contributed by atoms with Crippen molar-refractivity contribution >= 4 is 11.9 Å². The largest absolute Gasteiger partial charge is 0.479 e. The number of amides is 1. The van der Waals surface area contributed by atoms with Crippen LogP contribution in [-0.2, 0) is 22.4 Å². The quantitative estimate of drug-likeness (QED) is 0.172. The average Bonchev–Trinajstić information content (AvgIpc) is 3.43. The second-order valence-electron chi connectivity index (χ2n) is 9.29. The second kappa shape index (κ2) is 13.1. The Hall–Kier alpha value is -5.26. The van der Waals surface area contributed by atoms with Gasteiger partial charge in [-0.25, -0.2) is 20.6 Å². The maximum absolute atomic E-state index is 13.1. The van der Waals surface area contributed by atoms with Crippen LogP contribution in [0.2, 0.25) is 0 Å². The molecule has 1 unspecified atom stereocenters. The van der Waals surface area contributed by atoms with Gasteiger partial charge in [0.1, 0.15) is 11.7 Å². The van der Waals surface area contributed by atoms with E-state index in [0.717, 1.165) is 17.8 Å². The number of carbonyl (C=O) groups excluding carboxylic acids is 2. The molecule has 1 amide bonds. The number of aryl methyl sites for hydroxylation is 1. The molecule has 0 aliphatic heterocycles. The number of benzene rings is 2. The first-order valence-corrected chi connectivity index (χ1v) is 12.7. The third-order valence-corrected chi connectivity index (χ3v) is 6.27. The molecule has 0 saturated heterocycles. The van der Waals surface area contributed by atoms with Gasteiger partial charge in [-0.05, 0) is 42.3 Å². The normalized spacial score (nSPS) is 12.0. The number of halogens is 3. The standard InChI is InChI=1S/C29H26F3N7O4/c1-19-15-38(18-35-19)24-13-12-23(36-27(24)42-2)28(41)43-39(34)26(40)17-37(16-20-6-4-3-5-7-20)25(14-33)21-8-10-22(11-9-21)29(30,31)32/h3-13,15,18,25H,16-17,34H2,1-2H3. The number of hydrogen-bond acceptors (Lipinski definition) is 9. The number of hydrogen-bond donors (Lipinski definition) is 1. The SMILES string of the molecule is COc1nc(C(=O)ON(N)C(=O)CN(Cc2ccccc2)C(C#N)c2ccc(C(F)(F)F)cc2)ccc1-n1cnc(C)c1. The molecule has 0 aliphatic rings. The monoisotopic (exact) mass is 593 g/mol. The maximum atomic E-state index is 13.1. The number of hydroxylamine groups is 1. The molecule has 2 aromatic heterocycles. The minimum Gasteiger partial charge on any atom is -0.479 e. The van der Waals surface area contributed by atoms with Gasteiger partial charge in [-0.15, -0.1) is 0 Å². The van der Waals surface area contributed by atoms with Gasteiger partial charge in [0.05, 0.1) is 37.3 Å². The summed E-state index contributed by atoms with van der Waals surface area (Å²) in [5.41, 5.74) is 1.11. The van der Waals surface area contributed by atoms with Crippen LogP contribution >= 0.6 is 0 Å². The van der Waals surface area contributed by atoms with E-state index in [1.165, 1.54) is 30.2 Å². The summed E-state index contributed by atoms with van der Waals surface area (Å²) in [5.74, 6) is 3.89. The summed E-state index contributed by atoms with van der Waals surface area (Å²) < 4.78 is 46.2. The molecule has 4 rings (SSSR count). The Kier molecular flexibility index (Phi) is 9.39. The molecule has 222 valence electrons. The zero-order valence-corrected chi connectivity index (χ0v) is 23.0. The van der Waals surface area contributed by atoms with Gasteiger partial charge >= 0.3 is 12.1 Å². The number of pyridine rings is 1. The number of imidazole rings is 1. The number of alkyl halides is 3. The zero-order chi connectivity index (χ0) is 31.1. The van der Waals surface area contributed by atoms with E-state index in [-0.39, 0.29) is 28.9 Å². The van der Waals surface area contributed by atoms with Crippen molar-refractivity contribution in [3.8, 4) is 17.6 Å². The van der Waals surface area contributed by atoms with Gasteiger partial charge in [-0.3, -0.25) is 9.69 Å². The average molecular weight is 594 g/mol. The number of carbonyl (C=O) groups is 2. The van der Waals surface area contributed by atoms with Crippen molar-refractivity contribution in [1.29, 1.82) is 5.26 Å². The van der Waals surface area contributed by atoms with Crippen molar-refractivity contribution in [2.75, 3.05) is 13.7 Å². The van der Waals surface area contributed by atoms with Gasteiger partial charge in [0.2, 0.25) is 5.88 Å². The fourth-order valence-corrected chi connectivity index (χ4v) is 4.15. The van der Waals surface area contributed by atoms with Crippen LogP contribution in [0.4, 0.5) is 13.2 Å². The molecular weight excluding hydrogens is 567 g/mol. The number of nitrogens with two attached hydrogens (primary N) is 1. The highest BCUT2D eigenvalue weighted by molar-refractivity contribution is 5.89. The van der Waals surface area contributed by atoms with Crippen LogP contribution in [-0.4, -0.2) is 50.1 Å². The Morgan fingerprint density at radius 1 is 1.09 bits per heavy atom. The molecule has 0 saturated carbocycles. The van der Waals surface area contributed by atoms with Gasteiger partial charge < -0.3 is 14.1 Å². The highest BCUT2D eigenvalue weighted by Crippen LogP contribution is 2.31. The van der Waals surface area contributed by atoms with Gasteiger partial charge in [0.15, 0.2) is 5.69 Å². The topological polar surface area (TPSA) is 140 Å². The molecule has 0 bridgehead atoms. The van der Waals surface area contributed by atoms with E-state index in [1.807, 2.05) is 6.07 Å². The van der Waals surface area contributed by atoms with Crippen molar-refractivity contribution in [2.45, 2.75) is 25.7 Å². The predicted molar refractivity (Wildman–Crippen MR) is 146 cm³/mol. The summed E-state index contributed by atoms with van der Waals surface area (Å²) in [6.07, 6.45) is -1.27. The van der Waals surface area contributed by atoms with Gasteiger partial charge in [0.25, 0.3) is 5.91 Å². The first-order valence-electron chi connectivity index (χ1n) is 12.7. The molecule has 11 nitrogen and oxygen atoms in total. The molecule has 2 aromatic carbocycles. The lowest BCUT2D eigenvalue weighted by Gasteiger charge is -2.28. The van der Waals surface area contributed by atoms with Gasteiger partial charge in [0, 0.05) is 12.7 Å². The first kappa shape index (κ1) is 30.7. The molecule has 4 aromatic rings. The number of aromatic nitrogens is 3. The van der Waals surface area contributed by atoms with Crippen LogP contribution in [0.5, 0.6) is 5.88 Å². The van der Waals surface area contributed by atoms with E-state index in [1.54, 1.807) is 60.4 Å². The molecule has 0 spiro atoms. The summed E-state index contributed by atoms with van der Waals surface area (Å²) in [6.45, 7) is 1.34. The van der Waals surface area contributed by atoms with Crippen molar-refractivity contribution in [2.24, 2.45) is 5.84 Å². The summed E-state index contributed by atoms with van der Waals surface area (Å²) in [7, 11) is 1.37. The van der Waals surface area contributed by atoms with Crippen LogP contribution in [0.25, 0.3) is 5.69 Å². The van der Waals surface area contributed by atoms with Crippen molar-refractivity contribution < 1.29 is 32.3 Å². The fourth-order valence-electron chi connectivity index (χ4n) is 4.15. The number of nitriles is 1. The molecule has 0 radical (unpaired) electrons. The molecule has 14 heteroatoms. The van der Waals surface area contributed by atoms with Crippen LogP contribution in [0.1, 0.15) is 38.9 Å². The zero-order valence-electron chi connectivity index (χ0n) is 23.0. The summed E-state index contributed by atoms with van der Waals surface area (Å²) >= 11 is 0. The van der Waals surface area contributed by atoms with Crippen LogP contribution < -0.4 is 10.6 Å². The van der Waals surface area contributed by atoms with Gasteiger partial charge in [-0.2, -0.15) is 18.4 Å². The second-order valence-corrected chi connectivity index (χ2v) is 9.29. The predicted octanol–water partition coefficient (Wildman–Crippen LogP) is 4.14. The Morgan fingerprint density at radius 3 is 2.37 bits per heavy atom. The van der Waals surface area contributed by atoms with Crippen LogP contribution in [0, 0.1) is 18.3 Å². The molecule has 0 fully saturated rings. The number of nitrogens with zero attached hydrogens (tertiary/aromatic N) is 6. The lowest BCUT2D eigenvalue weighted by molar-refractivity contribution is -0.170. The number of methoxy groups -OCH3 is 1. The Labute approximate surface area is 244 Å². The first-order chi connectivity index (χ1) is 20.5. The summed E-state index contributed by atoms with van der Waals surface area (Å²) in [5, 5.41) is 10.2. The summed E-state index contributed by atoms with van der Waals surface area (Å²) in [6, 6.07) is 16.7. The smallest absolute Gasteiger partial charge is 0.416 e. The number of ether oxygens (including phenoxy) is 1. The fraction of sp³-hybridized carbons (Fsp3) is 0.207. The molecule has 2 heterocycles. The lowest BCUT2D eigenvalue weighted by Crippen LogP contribution is -2.46. The third kappa shape index (κ3) is 7.53. The van der Waals surface area contributed by atoms with E-state index in [9.17, 15) is 28.0 Å². The highest BCUT2D eigenvalue weighted by atomic mass is 19.4. The highest BCUT2D eigenvalue weighted by Gasteiger charge is 2.31. The minimum atomic E-state index is -4.55. The molecular formula is C29H26F3N7O4. The molecule has 43 heavy (non-hydrogen) atoms. The van der Waals surface area contributed by atoms with E-state index >= 15 is 0 Å². The van der Waals surface area contributed by atoms with Crippen molar-refractivity contribution in [1.82, 2.24) is 24.6 Å². The molecule has 1 atom stereocenters. The maximum Gasteiger partial charge on any atom is 0.416 e. The Balaban J connectivity index is 1.51. The third-order valence-electron chi connectivity index (χ3n) is 6.27. The Morgan fingerprint density at radius 2 is 1.79 bits per heavy atom. The molecule has 2 N–H and O–H groups in total. The van der Waals surface area contributed by atoms with Crippen LogP contribution in [0.3, 0.4) is 0 Å². The van der Waals surface area contributed by atoms with Crippen molar-refractivity contribution in [3.05, 3.63) is 107 Å². The Bertz CT molecular complexity index is 1620. The summed E-state index contributed by atoms with van der Waals surface area (Å²) in [4.78, 5) is 40.6. The van der Waals surface area contributed by atoms with E-state index < -0.39 is 36.2 Å². The van der Waals surface area contributed by atoms with E-state index in [0.29, 0.717) is 11.3 Å². The minimum absolute atomic E-state index is 0.0571. The lowest BCUT2D eigenvalue weighted by atomic mass is 10.0. The van der Waals surface area contributed by atoms with Crippen LogP contribution in [0.15, 0.2) is 79.3 Å². The van der Waals surface area contributed by atoms with Crippen molar-refractivity contribution in [3.63, 3.8) is 0 Å². The van der Waals surface area contributed by atoms with E-state index in [4.69, 9.17) is 15.4 Å². The number of rotatable bonds is 9. The van der Waals surface area contributed by atoms with Gasteiger partial charge in [-0.1, -0.05) is 47.6 Å². The van der Waals surface area contributed by atoms with E-state index in [2.05, 4.69) is 9.97 Å². The number of hydrazine groups is 1.